The number of hydrogen-bond donors (Lipinski definition) is 2. The van der Waals surface area contributed by atoms with Crippen molar-refractivity contribution in [1.82, 2.24) is 15.2 Å². The van der Waals surface area contributed by atoms with E-state index in [0.29, 0.717) is 35.2 Å². The molecule has 0 unspecified atom stereocenters. The summed E-state index contributed by atoms with van der Waals surface area (Å²) >= 11 is 6.68. The summed E-state index contributed by atoms with van der Waals surface area (Å²) in [6.45, 7) is 1.01. The van der Waals surface area contributed by atoms with Crippen LogP contribution in [0.4, 0.5) is 0 Å². The van der Waals surface area contributed by atoms with Crippen LogP contribution >= 0.6 is 24.0 Å². The third kappa shape index (κ3) is 5.64. The van der Waals surface area contributed by atoms with Crippen molar-refractivity contribution in [3.05, 3.63) is 70.8 Å². The molecule has 2 heterocycles. The number of aromatic amines is 1. The summed E-state index contributed by atoms with van der Waals surface area (Å²) in [7, 11) is 1.62. The first kappa shape index (κ1) is 23.1. The fourth-order valence-electron chi connectivity index (χ4n) is 3.71. The van der Waals surface area contributed by atoms with E-state index in [-0.39, 0.29) is 11.8 Å². The van der Waals surface area contributed by atoms with Gasteiger partial charge in [0, 0.05) is 36.6 Å². The Morgan fingerprint density at radius 1 is 1.21 bits per heavy atom. The Morgan fingerprint density at radius 2 is 2.00 bits per heavy atom. The van der Waals surface area contributed by atoms with Gasteiger partial charge in [-0.25, -0.2) is 0 Å². The first-order valence-corrected chi connectivity index (χ1v) is 12.0. The van der Waals surface area contributed by atoms with Crippen molar-refractivity contribution < 1.29 is 14.3 Å². The molecule has 33 heavy (non-hydrogen) atoms. The van der Waals surface area contributed by atoms with Crippen LogP contribution in [0.25, 0.3) is 17.0 Å². The fourth-order valence-corrected chi connectivity index (χ4v) is 5.01. The number of carbonyl (C=O) groups excluding carboxylic acids is 2. The van der Waals surface area contributed by atoms with E-state index < -0.39 is 0 Å². The first-order valence-electron chi connectivity index (χ1n) is 10.8. The van der Waals surface area contributed by atoms with Crippen LogP contribution in [0.15, 0.2) is 59.6 Å². The summed E-state index contributed by atoms with van der Waals surface area (Å²) < 4.78 is 5.69. The fraction of sp³-hybridized carbons (Fsp3) is 0.240. The highest BCUT2D eigenvalue weighted by atomic mass is 32.2. The van der Waals surface area contributed by atoms with Gasteiger partial charge >= 0.3 is 0 Å². The predicted molar refractivity (Wildman–Crippen MR) is 137 cm³/mol. The Labute approximate surface area is 202 Å². The average Bonchev–Trinajstić information content (AvgIpc) is 3.35. The molecule has 2 N–H and O–H groups in total. The zero-order valence-electron chi connectivity index (χ0n) is 18.3. The summed E-state index contributed by atoms with van der Waals surface area (Å²) in [6.07, 6.45) is 5.49. The van der Waals surface area contributed by atoms with E-state index in [9.17, 15) is 9.59 Å². The first-order chi connectivity index (χ1) is 16.0. The van der Waals surface area contributed by atoms with Crippen molar-refractivity contribution in [2.75, 3.05) is 20.2 Å². The van der Waals surface area contributed by atoms with E-state index >= 15 is 0 Å². The van der Waals surface area contributed by atoms with Gasteiger partial charge in [-0.05, 0) is 48.2 Å². The maximum Gasteiger partial charge on any atom is 0.266 e. The molecule has 0 bridgehead atoms. The van der Waals surface area contributed by atoms with E-state index in [1.54, 1.807) is 12.0 Å². The molecule has 0 saturated carbocycles. The maximum absolute atomic E-state index is 12.8. The maximum atomic E-state index is 12.8. The molecule has 170 valence electrons. The van der Waals surface area contributed by atoms with Crippen LogP contribution in [-0.2, 0) is 16.0 Å². The second-order valence-corrected chi connectivity index (χ2v) is 9.35. The van der Waals surface area contributed by atoms with Gasteiger partial charge in [0.1, 0.15) is 10.1 Å². The Balaban J connectivity index is 1.22. The van der Waals surface area contributed by atoms with Crippen LogP contribution < -0.4 is 10.1 Å². The number of nitrogens with zero attached hydrogens (tertiary/aromatic N) is 1. The van der Waals surface area contributed by atoms with Gasteiger partial charge < -0.3 is 15.0 Å². The minimum absolute atomic E-state index is 0.0194. The molecule has 1 aliphatic heterocycles. The van der Waals surface area contributed by atoms with Crippen LogP contribution in [0.3, 0.4) is 0 Å². The summed E-state index contributed by atoms with van der Waals surface area (Å²) in [4.78, 5) is 30.4. The molecule has 1 aromatic heterocycles. The number of methoxy groups -OCH3 is 1. The highest BCUT2D eigenvalue weighted by molar-refractivity contribution is 8.26. The van der Waals surface area contributed by atoms with Crippen molar-refractivity contribution in [3.63, 3.8) is 0 Å². The molecule has 0 radical (unpaired) electrons. The number of rotatable bonds is 9. The monoisotopic (exact) mass is 479 g/mol. The van der Waals surface area contributed by atoms with Crippen molar-refractivity contribution in [3.8, 4) is 5.75 Å². The molecule has 4 rings (SSSR count). The molecule has 1 fully saturated rings. The lowest BCUT2D eigenvalue weighted by Gasteiger charge is -2.14. The Hall–Kier alpha value is -3.10. The van der Waals surface area contributed by atoms with Crippen LogP contribution in [-0.4, -0.2) is 46.2 Å². The Bertz CT molecular complexity index is 1200. The van der Waals surface area contributed by atoms with Crippen molar-refractivity contribution in [2.24, 2.45) is 0 Å². The number of H-pyrrole nitrogens is 1. The predicted octanol–water partition coefficient (Wildman–Crippen LogP) is 4.52. The molecule has 2 amide bonds. The number of benzene rings is 2. The number of thioether (sulfide) groups is 1. The largest absolute Gasteiger partial charge is 0.497 e. The number of fused-ring (bicyclic) bond motifs is 1. The third-order valence-corrected chi connectivity index (χ3v) is 6.84. The number of nitrogens with one attached hydrogen (secondary N) is 2. The minimum Gasteiger partial charge on any atom is -0.497 e. The standard InChI is InChI=1S/C25H25N3O3S2/c1-31-19-10-8-17(9-11-19)15-22-24(30)28(25(32)33-22)14-4-7-23(29)26-13-12-18-16-27-21-6-3-2-5-20(18)21/h2-3,5-6,8-11,15-16,27H,4,7,12-14H2,1H3,(H,26,29)/b22-15-. The van der Waals surface area contributed by atoms with Crippen molar-refractivity contribution in [1.29, 1.82) is 0 Å². The van der Waals surface area contributed by atoms with E-state index in [1.165, 1.54) is 22.7 Å². The second-order valence-electron chi connectivity index (χ2n) is 7.67. The van der Waals surface area contributed by atoms with Gasteiger partial charge in [0.05, 0.1) is 12.0 Å². The van der Waals surface area contributed by atoms with Gasteiger partial charge in [0.15, 0.2) is 0 Å². The number of amides is 2. The van der Waals surface area contributed by atoms with E-state index in [2.05, 4.69) is 16.4 Å². The van der Waals surface area contributed by atoms with Crippen LogP contribution in [0.1, 0.15) is 24.0 Å². The van der Waals surface area contributed by atoms with Gasteiger partial charge in [0.2, 0.25) is 5.91 Å². The normalized spacial score (nSPS) is 14.9. The number of ether oxygens (including phenoxy) is 1. The molecular formula is C25H25N3O3S2. The van der Waals surface area contributed by atoms with Gasteiger partial charge in [-0.3, -0.25) is 14.5 Å². The topological polar surface area (TPSA) is 74.4 Å². The molecular weight excluding hydrogens is 454 g/mol. The molecule has 0 aliphatic carbocycles. The van der Waals surface area contributed by atoms with E-state index in [4.69, 9.17) is 17.0 Å². The molecule has 1 saturated heterocycles. The van der Waals surface area contributed by atoms with E-state index in [0.717, 1.165) is 23.3 Å². The SMILES string of the molecule is COc1ccc(/C=C2\SC(=S)N(CCCC(=O)NCCc3c[nH]c4ccccc34)C2=O)cc1. The summed E-state index contributed by atoms with van der Waals surface area (Å²) in [5.74, 6) is 0.633. The summed E-state index contributed by atoms with van der Waals surface area (Å²) in [6, 6.07) is 15.6. The van der Waals surface area contributed by atoms with E-state index in [1.807, 2.05) is 54.7 Å². The lowest BCUT2D eigenvalue weighted by molar-refractivity contribution is -0.123. The molecule has 0 spiro atoms. The quantitative estimate of drug-likeness (QED) is 0.349. The number of para-hydroxylation sites is 1. The van der Waals surface area contributed by atoms with Crippen LogP contribution in [0.2, 0.25) is 0 Å². The third-order valence-electron chi connectivity index (χ3n) is 5.46. The Kier molecular flexibility index (Phi) is 7.47. The number of aromatic nitrogens is 1. The molecule has 6 nitrogen and oxygen atoms in total. The highest BCUT2D eigenvalue weighted by Crippen LogP contribution is 2.33. The lowest BCUT2D eigenvalue weighted by atomic mass is 10.1. The zero-order chi connectivity index (χ0) is 23.2. The van der Waals surface area contributed by atoms with Crippen molar-refractivity contribution >= 4 is 57.1 Å². The number of hydrogen-bond acceptors (Lipinski definition) is 5. The lowest BCUT2D eigenvalue weighted by Crippen LogP contribution is -2.31. The summed E-state index contributed by atoms with van der Waals surface area (Å²) in [5.41, 5.74) is 3.20. The molecule has 0 atom stereocenters. The number of carbonyl (C=O) groups is 2. The summed E-state index contributed by atoms with van der Waals surface area (Å²) in [5, 5.41) is 4.15. The average molecular weight is 480 g/mol. The van der Waals surface area contributed by atoms with Gasteiger partial charge in [0.25, 0.3) is 5.91 Å². The van der Waals surface area contributed by atoms with Gasteiger partial charge in [-0.15, -0.1) is 0 Å². The zero-order valence-corrected chi connectivity index (χ0v) is 19.9. The molecule has 3 aromatic rings. The van der Waals surface area contributed by atoms with Crippen LogP contribution in [0, 0.1) is 0 Å². The van der Waals surface area contributed by atoms with Gasteiger partial charge in [-0.1, -0.05) is 54.3 Å². The molecule has 8 heteroatoms. The second kappa shape index (κ2) is 10.7. The highest BCUT2D eigenvalue weighted by Gasteiger charge is 2.31. The smallest absolute Gasteiger partial charge is 0.266 e. The minimum atomic E-state index is -0.111. The van der Waals surface area contributed by atoms with Gasteiger partial charge in [-0.2, -0.15) is 0 Å². The Morgan fingerprint density at radius 3 is 2.79 bits per heavy atom. The number of thiocarbonyl (C=S) groups is 1. The molecule has 1 aliphatic rings. The van der Waals surface area contributed by atoms with Crippen LogP contribution in [0.5, 0.6) is 5.75 Å². The molecule has 2 aromatic carbocycles. The van der Waals surface area contributed by atoms with Crippen molar-refractivity contribution in [2.45, 2.75) is 19.3 Å².